The van der Waals surface area contributed by atoms with Crippen molar-refractivity contribution in [2.45, 2.75) is 31.9 Å². The Morgan fingerprint density at radius 3 is 2.93 bits per heavy atom. The SMILES string of the molecule is CC(C)CN=C(NN)NCC1CCCS1. The van der Waals surface area contributed by atoms with Crippen LogP contribution in [-0.4, -0.2) is 30.1 Å². The minimum Gasteiger partial charge on any atom is -0.354 e. The van der Waals surface area contributed by atoms with Crippen LogP contribution in [0.4, 0.5) is 0 Å². The van der Waals surface area contributed by atoms with Crippen LogP contribution in [0.5, 0.6) is 0 Å². The number of nitrogens with two attached hydrogens (primary N) is 1. The molecule has 1 rings (SSSR count). The first-order valence-electron chi connectivity index (χ1n) is 5.59. The predicted molar refractivity (Wildman–Crippen MR) is 67.9 cm³/mol. The number of guanidine groups is 1. The van der Waals surface area contributed by atoms with Crippen molar-refractivity contribution in [3.63, 3.8) is 0 Å². The van der Waals surface area contributed by atoms with Gasteiger partial charge in [0.25, 0.3) is 0 Å². The first-order valence-corrected chi connectivity index (χ1v) is 6.63. The Morgan fingerprint density at radius 2 is 2.40 bits per heavy atom. The van der Waals surface area contributed by atoms with E-state index in [1.54, 1.807) is 0 Å². The van der Waals surface area contributed by atoms with Crippen LogP contribution in [0.25, 0.3) is 0 Å². The lowest BCUT2D eigenvalue weighted by atomic mass is 10.2. The van der Waals surface area contributed by atoms with Gasteiger partial charge in [-0.15, -0.1) is 0 Å². The second-order valence-electron chi connectivity index (χ2n) is 4.24. The van der Waals surface area contributed by atoms with Crippen molar-refractivity contribution in [3.8, 4) is 0 Å². The summed E-state index contributed by atoms with van der Waals surface area (Å²) in [6.07, 6.45) is 2.64. The molecule has 0 aliphatic carbocycles. The molecule has 0 amide bonds. The Kier molecular flexibility index (Phi) is 5.86. The van der Waals surface area contributed by atoms with Gasteiger partial charge in [-0.25, -0.2) is 5.84 Å². The van der Waals surface area contributed by atoms with Crippen molar-refractivity contribution >= 4 is 17.7 Å². The maximum Gasteiger partial charge on any atom is 0.205 e. The number of nitrogens with one attached hydrogen (secondary N) is 2. The third-order valence-electron chi connectivity index (χ3n) is 2.27. The Bertz CT molecular complexity index is 200. The Hall–Kier alpha value is -0.420. The first kappa shape index (κ1) is 12.6. The highest BCUT2D eigenvalue weighted by Crippen LogP contribution is 2.25. The van der Waals surface area contributed by atoms with Gasteiger partial charge in [0, 0.05) is 18.3 Å². The summed E-state index contributed by atoms with van der Waals surface area (Å²) < 4.78 is 0. The van der Waals surface area contributed by atoms with Gasteiger partial charge in [0.2, 0.25) is 5.96 Å². The fraction of sp³-hybridized carbons (Fsp3) is 0.900. The van der Waals surface area contributed by atoms with Crippen LogP contribution in [0.2, 0.25) is 0 Å². The number of aliphatic imine (C=N–C) groups is 1. The van der Waals surface area contributed by atoms with Gasteiger partial charge < -0.3 is 5.32 Å². The Balaban J connectivity index is 2.23. The molecule has 0 saturated carbocycles. The monoisotopic (exact) mass is 230 g/mol. The average molecular weight is 230 g/mol. The van der Waals surface area contributed by atoms with E-state index in [-0.39, 0.29) is 0 Å². The predicted octanol–water partition coefficient (Wildman–Crippen LogP) is 0.947. The Morgan fingerprint density at radius 1 is 1.60 bits per heavy atom. The third kappa shape index (κ3) is 5.28. The molecule has 1 aliphatic heterocycles. The largest absolute Gasteiger partial charge is 0.354 e. The molecule has 0 radical (unpaired) electrons. The maximum atomic E-state index is 5.39. The van der Waals surface area contributed by atoms with Crippen LogP contribution in [0.15, 0.2) is 4.99 Å². The molecule has 0 aromatic heterocycles. The highest BCUT2D eigenvalue weighted by molar-refractivity contribution is 8.00. The molecule has 4 N–H and O–H groups in total. The molecule has 15 heavy (non-hydrogen) atoms. The van der Waals surface area contributed by atoms with Crippen molar-refractivity contribution in [2.24, 2.45) is 16.8 Å². The summed E-state index contributed by atoms with van der Waals surface area (Å²) in [7, 11) is 0. The molecule has 1 heterocycles. The molecule has 1 saturated heterocycles. The lowest BCUT2D eigenvalue weighted by Crippen LogP contribution is -2.44. The number of hydrogen-bond acceptors (Lipinski definition) is 3. The smallest absolute Gasteiger partial charge is 0.205 e. The van der Waals surface area contributed by atoms with Crippen LogP contribution in [0.1, 0.15) is 26.7 Å². The van der Waals surface area contributed by atoms with Gasteiger partial charge in [-0.2, -0.15) is 11.8 Å². The standard InChI is InChI=1S/C10H22N4S/c1-8(2)6-12-10(14-11)13-7-9-4-3-5-15-9/h8-9H,3-7,11H2,1-2H3,(H2,12,13,14). The molecular formula is C10H22N4S. The number of nitrogens with zero attached hydrogens (tertiary/aromatic N) is 1. The van der Waals surface area contributed by atoms with E-state index in [1.165, 1.54) is 18.6 Å². The summed E-state index contributed by atoms with van der Waals surface area (Å²) in [6.45, 7) is 6.06. The van der Waals surface area contributed by atoms with E-state index in [9.17, 15) is 0 Å². The van der Waals surface area contributed by atoms with Gasteiger partial charge in [0.1, 0.15) is 0 Å². The van der Waals surface area contributed by atoms with Crippen molar-refractivity contribution in [3.05, 3.63) is 0 Å². The van der Waals surface area contributed by atoms with Gasteiger partial charge in [-0.1, -0.05) is 13.8 Å². The van der Waals surface area contributed by atoms with Crippen LogP contribution < -0.4 is 16.6 Å². The van der Waals surface area contributed by atoms with E-state index < -0.39 is 0 Å². The van der Waals surface area contributed by atoms with Gasteiger partial charge >= 0.3 is 0 Å². The summed E-state index contributed by atoms with van der Waals surface area (Å²) in [5, 5.41) is 3.98. The second kappa shape index (κ2) is 6.95. The molecule has 1 atom stereocenters. The summed E-state index contributed by atoms with van der Waals surface area (Å²) in [6, 6.07) is 0. The average Bonchev–Trinajstić information content (AvgIpc) is 2.70. The molecule has 1 fully saturated rings. The van der Waals surface area contributed by atoms with Crippen LogP contribution in [0.3, 0.4) is 0 Å². The summed E-state index contributed by atoms with van der Waals surface area (Å²) in [5.74, 6) is 7.97. The number of thioether (sulfide) groups is 1. The van der Waals surface area contributed by atoms with Gasteiger partial charge in [0.05, 0.1) is 0 Å². The zero-order valence-electron chi connectivity index (χ0n) is 9.62. The normalized spacial score (nSPS) is 22.1. The zero-order valence-corrected chi connectivity index (χ0v) is 10.4. The van der Waals surface area contributed by atoms with E-state index in [4.69, 9.17) is 5.84 Å². The topological polar surface area (TPSA) is 62.4 Å². The van der Waals surface area contributed by atoms with Crippen LogP contribution in [-0.2, 0) is 0 Å². The van der Waals surface area contributed by atoms with E-state index in [1.807, 2.05) is 11.8 Å². The third-order valence-corrected chi connectivity index (χ3v) is 3.67. The summed E-state index contributed by atoms with van der Waals surface area (Å²) in [4.78, 5) is 4.36. The molecular weight excluding hydrogens is 208 g/mol. The van der Waals surface area contributed by atoms with Crippen molar-refractivity contribution in [1.82, 2.24) is 10.7 Å². The minimum atomic E-state index is 0.566. The summed E-state index contributed by atoms with van der Waals surface area (Å²) >= 11 is 2.03. The molecule has 0 bridgehead atoms. The van der Waals surface area contributed by atoms with Gasteiger partial charge in [-0.3, -0.25) is 10.4 Å². The number of hydrogen-bond donors (Lipinski definition) is 3. The van der Waals surface area contributed by atoms with Crippen molar-refractivity contribution in [1.29, 1.82) is 0 Å². The fourth-order valence-electron chi connectivity index (χ4n) is 1.44. The van der Waals surface area contributed by atoms with E-state index in [0.29, 0.717) is 5.92 Å². The highest BCUT2D eigenvalue weighted by atomic mass is 32.2. The van der Waals surface area contributed by atoms with Gasteiger partial charge in [-0.05, 0) is 24.5 Å². The molecule has 1 aliphatic rings. The van der Waals surface area contributed by atoms with Crippen molar-refractivity contribution < 1.29 is 0 Å². The summed E-state index contributed by atoms with van der Waals surface area (Å²) in [5.41, 5.74) is 2.61. The maximum absolute atomic E-state index is 5.39. The van der Waals surface area contributed by atoms with Crippen LogP contribution in [0, 0.1) is 5.92 Å². The molecule has 5 heteroatoms. The minimum absolute atomic E-state index is 0.566. The van der Waals surface area contributed by atoms with Crippen molar-refractivity contribution in [2.75, 3.05) is 18.8 Å². The quantitative estimate of drug-likeness (QED) is 0.291. The number of rotatable bonds is 4. The van der Waals surface area contributed by atoms with E-state index in [2.05, 4.69) is 29.6 Å². The zero-order chi connectivity index (χ0) is 11.1. The van der Waals surface area contributed by atoms with E-state index >= 15 is 0 Å². The molecule has 0 spiro atoms. The molecule has 88 valence electrons. The first-order chi connectivity index (χ1) is 7.22. The highest BCUT2D eigenvalue weighted by Gasteiger charge is 2.15. The fourth-order valence-corrected chi connectivity index (χ4v) is 2.64. The molecule has 0 aromatic rings. The molecule has 0 aromatic carbocycles. The van der Waals surface area contributed by atoms with E-state index in [0.717, 1.165) is 24.3 Å². The number of hydrazine groups is 1. The lowest BCUT2D eigenvalue weighted by molar-refractivity contribution is 0.654. The lowest BCUT2D eigenvalue weighted by Gasteiger charge is -2.13. The Labute approximate surface area is 96.4 Å². The van der Waals surface area contributed by atoms with Crippen LogP contribution >= 0.6 is 11.8 Å². The molecule has 1 unspecified atom stereocenters. The molecule has 4 nitrogen and oxygen atoms in total. The second-order valence-corrected chi connectivity index (χ2v) is 5.65. The van der Waals surface area contributed by atoms with Gasteiger partial charge in [0.15, 0.2) is 0 Å².